The number of ether oxygens (including phenoxy) is 3. The molecule has 1 spiro atoms. The number of carbonyl (C=O) groups is 2. The number of carbonyl (C=O) groups excluding carboxylic acids is 2. The number of piperidine rings is 1. The molecule has 1 aromatic heterocycles. The number of hydrogen-bond acceptors (Lipinski definition) is 9. The predicted molar refractivity (Wildman–Crippen MR) is 213 cm³/mol. The number of benzene rings is 2. The van der Waals surface area contributed by atoms with Gasteiger partial charge in [0, 0.05) is 84.0 Å². The second kappa shape index (κ2) is 13.0. The quantitative estimate of drug-likeness (QED) is 0.245. The molecule has 10 nitrogen and oxygen atoms in total. The van der Waals surface area contributed by atoms with Crippen molar-refractivity contribution in [3.05, 3.63) is 82.6 Å². The fourth-order valence-corrected chi connectivity index (χ4v) is 12.9. The molecule has 5 aliphatic heterocycles. The maximum atomic E-state index is 15.2. The van der Waals surface area contributed by atoms with Gasteiger partial charge in [0.2, 0.25) is 0 Å². The number of likely N-dealkylation sites (N-methyl/N-ethyl adjacent to an activating group) is 1. The molecule has 2 N–H and O–H groups in total. The zero-order valence-corrected chi connectivity index (χ0v) is 33.2. The molecule has 6 heterocycles. The van der Waals surface area contributed by atoms with E-state index >= 15 is 4.79 Å². The molecule has 1 aliphatic carbocycles. The van der Waals surface area contributed by atoms with Crippen molar-refractivity contribution in [3.8, 4) is 5.75 Å². The zero-order chi connectivity index (χ0) is 38.5. The van der Waals surface area contributed by atoms with Crippen molar-refractivity contribution in [1.82, 2.24) is 14.8 Å². The number of aromatic nitrogens is 1. The first-order valence-corrected chi connectivity index (χ1v) is 20.3. The Hall–Kier alpha value is -4.12. The zero-order valence-electron chi connectivity index (χ0n) is 33.2. The van der Waals surface area contributed by atoms with Crippen LogP contribution in [0.3, 0.4) is 0 Å². The molecule has 1 unspecified atom stereocenters. The summed E-state index contributed by atoms with van der Waals surface area (Å²) in [5, 5.41) is 14.1. The monoisotopic (exact) mass is 748 g/mol. The van der Waals surface area contributed by atoms with Crippen LogP contribution in [0, 0.1) is 11.3 Å². The number of nitrogens with one attached hydrogen (secondary N) is 1. The van der Waals surface area contributed by atoms with Crippen LogP contribution in [0.5, 0.6) is 5.75 Å². The van der Waals surface area contributed by atoms with E-state index in [2.05, 4.69) is 82.1 Å². The normalized spacial score (nSPS) is 35.0. The van der Waals surface area contributed by atoms with Gasteiger partial charge in [0.1, 0.15) is 11.2 Å². The SMILES string of the molecule is CCC1=C[C@@H]2CN(CCc3c([nH]c4ccccc34)[C@@](C(=O)OC)(c3cc4c(cc3OC)N(C)[C@@H]3[C@]45CCCN4CC=C[C@@](CC)(C[C@]3(O)C(=O)OC)[C@@H]45)C2)C1. The first-order valence-electron chi connectivity index (χ1n) is 20.3. The minimum atomic E-state index is -1.79. The van der Waals surface area contributed by atoms with Crippen molar-refractivity contribution in [1.29, 1.82) is 0 Å². The number of anilines is 1. The Bertz CT molecular complexity index is 2120. The standard InChI is InChI=1S/C45H56N4O6/c1-7-28-21-29-24-44(40(50)54-5,37-31(15-20-48(25-28)26-29)30-13-9-10-14-34(30)46-37)33-22-32-35(23-36(33)53-4)47(3)39-43(32)17-12-19-49-18-11-16-42(8-2,38(43)49)27-45(39,52)41(51)55-6/h9-11,13-14,16,21-23,29,38-39,46,52H,7-8,12,15,17-20,24-27H2,1-6H3/t29-,38+,39+,42-,43+,44-,45+/m0/s1. The molecule has 55 heavy (non-hydrogen) atoms. The Morgan fingerprint density at radius 1 is 1.02 bits per heavy atom. The summed E-state index contributed by atoms with van der Waals surface area (Å²) in [6.07, 6.45) is 11.9. The lowest BCUT2D eigenvalue weighted by Gasteiger charge is -2.66. The molecular weight excluding hydrogens is 693 g/mol. The van der Waals surface area contributed by atoms with Crippen LogP contribution in [0.1, 0.15) is 74.8 Å². The lowest BCUT2D eigenvalue weighted by molar-refractivity contribution is -0.189. The van der Waals surface area contributed by atoms with Crippen molar-refractivity contribution < 1.29 is 28.9 Å². The third-order valence-corrected chi connectivity index (χ3v) is 14.9. The molecule has 292 valence electrons. The van der Waals surface area contributed by atoms with E-state index in [0.29, 0.717) is 12.2 Å². The molecule has 10 heteroatoms. The number of aliphatic hydroxyl groups is 1. The number of H-pyrrole nitrogens is 1. The summed E-state index contributed by atoms with van der Waals surface area (Å²) in [4.78, 5) is 40.4. The van der Waals surface area contributed by atoms with Gasteiger partial charge in [-0.25, -0.2) is 4.79 Å². The molecule has 0 radical (unpaired) electrons. The average Bonchev–Trinajstić information content (AvgIpc) is 3.71. The third kappa shape index (κ3) is 4.83. The highest BCUT2D eigenvalue weighted by Gasteiger charge is 2.74. The number of methoxy groups -OCH3 is 3. The number of nitrogens with zero attached hydrogens (tertiary/aromatic N) is 3. The van der Waals surface area contributed by atoms with Crippen molar-refractivity contribution >= 4 is 28.5 Å². The maximum absolute atomic E-state index is 15.2. The number of hydrogen-bond donors (Lipinski definition) is 2. The first kappa shape index (κ1) is 36.5. The number of rotatable bonds is 6. The summed E-state index contributed by atoms with van der Waals surface area (Å²) in [6, 6.07) is 12.1. The van der Waals surface area contributed by atoms with Crippen molar-refractivity contribution in [2.75, 3.05) is 66.0 Å². The van der Waals surface area contributed by atoms with Gasteiger partial charge < -0.3 is 29.2 Å². The van der Waals surface area contributed by atoms with Crippen molar-refractivity contribution in [2.45, 2.75) is 87.3 Å². The third-order valence-electron chi connectivity index (χ3n) is 14.9. The van der Waals surface area contributed by atoms with Gasteiger partial charge >= 0.3 is 11.9 Å². The van der Waals surface area contributed by atoms with Gasteiger partial charge in [-0.05, 0) is 80.7 Å². The van der Waals surface area contributed by atoms with E-state index in [-0.39, 0.29) is 24.3 Å². The number of para-hydroxylation sites is 1. The summed E-state index contributed by atoms with van der Waals surface area (Å²) in [5.41, 5.74) is 2.91. The molecule has 8 atom stereocenters. The van der Waals surface area contributed by atoms with Gasteiger partial charge in [-0.15, -0.1) is 0 Å². The largest absolute Gasteiger partial charge is 0.496 e. The highest BCUT2D eigenvalue weighted by atomic mass is 16.5. The number of fused-ring (bicyclic) bond motifs is 6. The van der Waals surface area contributed by atoms with Crippen molar-refractivity contribution in [2.24, 2.45) is 11.3 Å². The topological polar surface area (TPSA) is 108 Å². The van der Waals surface area contributed by atoms with Gasteiger partial charge in [-0.2, -0.15) is 0 Å². The first-order chi connectivity index (χ1) is 26.5. The Labute approximate surface area is 324 Å². The van der Waals surface area contributed by atoms with Gasteiger partial charge in [-0.3, -0.25) is 14.6 Å². The number of aromatic amines is 1. The molecule has 1 saturated carbocycles. The fraction of sp³-hybridized carbons (Fsp3) is 0.556. The van der Waals surface area contributed by atoms with Crippen molar-refractivity contribution in [3.63, 3.8) is 0 Å². The van der Waals surface area contributed by atoms with Crippen LogP contribution >= 0.6 is 0 Å². The molecule has 1 saturated heterocycles. The molecule has 2 bridgehead atoms. The summed E-state index contributed by atoms with van der Waals surface area (Å²) in [5.74, 6) is -0.265. The molecule has 9 rings (SSSR count). The van der Waals surface area contributed by atoms with E-state index in [0.717, 1.165) is 104 Å². The lowest BCUT2D eigenvalue weighted by atomic mass is 9.46. The molecule has 3 aromatic rings. The van der Waals surface area contributed by atoms with Crippen LogP contribution < -0.4 is 9.64 Å². The number of esters is 2. The second-order valence-electron chi connectivity index (χ2n) is 17.3. The Kier molecular flexibility index (Phi) is 8.61. The van der Waals surface area contributed by atoms with Gasteiger partial charge in [-0.1, -0.05) is 55.8 Å². The van der Waals surface area contributed by atoms with Gasteiger partial charge in [0.15, 0.2) is 5.60 Å². The van der Waals surface area contributed by atoms with Gasteiger partial charge in [0.25, 0.3) is 0 Å². The summed E-state index contributed by atoms with van der Waals surface area (Å²) in [6.45, 7) is 8.82. The average molecular weight is 749 g/mol. The molecule has 2 aromatic carbocycles. The Balaban J connectivity index is 1.37. The van der Waals surface area contributed by atoms with Crippen LogP contribution in [0.15, 0.2) is 60.2 Å². The highest BCUT2D eigenvalue weighted by Crippen LogP contribution is 2.67. The molecule has 2 fully saturated rings. The van der Waals surface area contributed by atoms with Crippen LogP contribution in [0.2, 0.25) is 0 Å². The minimum absolute atomic E-state index is 0.0174. The Morgan fingerprint density at radius 2 is 1.82 bits per heavy atom. The molecule has 6 aliphatic rings. The van der Waals surface area contributed by atoms with E-state index in [9.17, 15) is 9.90 Å². The minimum Gasteiger partial charge on any atom is -0.496 e. The summed E-state index contributed by atoms with van der Waals surface area (Å²) < 4.78 is 17.9. The van der Waals surface area contributed by atoms with Crippen LogP contribution in [-0.2, 0) is 36.3 Å². The van der Waals surface area contributed by atoms with Crippen LogP contribution in [-0.4, -0.2) is 111 Å². The summed E-state index contributed by atoms with van der Waals surface area (Å²) >= 11 is 0. The van der Waals surface area contributed by atoms with Crippen LogP contribution in [0.4, 0.5) is 5.69 Å². The summed E-state index contributed by atoms with van der Waals surface area (Å²) in [7, 11) is 6.56. The van der Waals surface area contributed by atoms with E-state index < -0.39 is 33.9 Å². The lowest BCUT2D eigenvalue weighted by Crippen LogP contribution is -2.78. The maximum Gasteiger partial charge on any atom is 0.340 e. The molecule has 0 amide bonds. The van der Waals surface area contributed by atoms with Crippen LogP contribution in [0.25, 0.3) is 10.9 Å². The van der Waals surface area contributed by atoms with E-state index in [4.69, 9.17) is 14.2 Å². The van der Waals surface area contributed by atoms with Gasteiger partial charge in [0.05, 0.1) is 27.4 Å². The van der Waals surface area contributed by atoms with E-state index in [1.165, 1.54) is 19.8 Å². The second-order valence-corrected chi connectivity index (χ2v) is 17.3. The highest BCUT2D eigenvalue weighted by molar-refractivity contribution is 5.94. The molecular formula is C45H56N4O6. The predicted octanol–water partition coefficient (Wildman–Crippen LogP) is 5.64. The Morgan fingerprint density at radius 3 is 2.56 bits per heavy atom. The smallest absolute Gasteiger partial charge is 0.340 e. The van der Waals surface area contributed by atoms with E-state index in [1.807, 2.05) is 13.1 Å². The van der Waals surface area contributed by atoms with E-state index in [1.54, 1.807) is 7.11 Å². The fourth-order valence-electron chi connectivity index (χ4n) is 12.9.